The summed E-state index contributed by atoms with van der Waals surface area (Å²) in [7, 11) is -3.66. The third-order valence-electron chi connectivity index (χ3n) is 5.12. The number of phosphoric ester groups is 1. The minimum Gasteiger partial charge on any atom is -0.606 e. The molecule has 6 heteroatoms. The van der Waals surface area contributed by atoms with E-state index < -0.39 is 8.17 Å². The molecule has 2 aliphatic heterocycles. The predicted molar refractivity (Wildman–Crippen MR) is 114 cm³/mol. The number of allylic oxidation sites excluding steroid dienone is 1. The van der Waals surface area contributed by atoms with Gasteiger partial charge in [0.2, 0.25) is 0 Å². The van der Waals surface area contributed by atoms with Crippen LogP contribution in [-0.2, 0) is 24.9 Å². The second kappa shape index (κ2) is 10.8. The molecule has 0 amide bonds. The fourth-order valence-corrected chi connectivity index (χ4v) is 5.55. The normalized spacial score (nSPS) is 32.7. The lowest BCUT2D eigenvalue weighted by Gasteiger charge is -2.38. The van der Waals surface area contributed by atoms with Crippen molar-refractivity contribution in [3.63, 3.8) is 0 Å². The zero-order valence-corrected chi connectivity index (χ0v) is 18.4. The van der Waals surface area contributed by atoms with Gasteiger partial charge in [0.05, 0.1) is 13.2 Å². The standard InChI is InChI=1S/C23H33O5P/c1-18(2)13-22-15-23-14-19(3)9-7-8-12-21(26-29(24,27-22)28-23)17-25-16-20-10-5-4-6-11-20/h4-6,9-11,21-23H,1,7-8,12-17H2,2-3H3/b19-9-/t21-,22+,23+,29?/m0/s1. The Balaban J connectivity index is 1.67. The van der Waals surface area contributed by atoms with Crippen LogP contribution >= 0.6 is 8.17 Å². The molecule has 29 heavy (non-hydrogen) atoms. The van der Waals surface area contributed by atoms with Crippen molar-refractivity contribution in [3.05, 3.63) is 59.7 Å². The average molecular weight is 420 g/mol. The maximum atomic E-state index is 13.4. The molecular weight excluding hydrogens is 387 g/mol. The number of benzene rings is 1. The van der Waals surface area contributed by atoms with E-state index in [-0.39, 0.29) is 18.3 Å². The van der Waals surface area contributed by atoms with Crippen LogP contribution in [0.15, 0.2) is 54.1 Å². The Morgan fingerprint density at radius 1 is 1.21 bits per heavy atom. The summed E-state index contributed by atoms with van der Waals surface area (Å²) < 4.78 is 23.5. The molecule has 4 atom stereocenters. The van der Waals surface area contributed by atoms with E-state index in [4.69, 9.17) is 18.3 Å². The SMILES string of the molecule is C=C(C)C[C@@H]1C[C@H]2C/C(C)=C\CCC[C@@H](COCc3ccccc3)O[P+]([O-])(O1)O2. The maximum Gasteiger partial charge on any atom is 0.380 e. The van der Waals surface area contributed by atoms with Crippen LogP contribution in [0.4, 0.5) is 0 Å². The molecule has 2 aliphatic rings. The lowest BCUT2D eigenvalue weighted by atomic mass is 9.99. The maximum absolute atomic E-state index is 13.4. The Morgan fingerprint density at radius 2 is 1.97 bits per heavy atom. The monoisotopic (exact) mass is 420 g/mol. The summed E-state index contributed by atoms with van der Waals surface area (Å²) in [6, 6.07) is 10.00. The van der Waals surface area contributed by atoms with Gasteiger partial charge in [-0.05, 0) is 51.5 Å². The molecule has 1 unspecified atom stereocenters. The molecule has 3 rings (SSSR count). The second-order valence-corrected chi connectivity index (χ2v) is 9.74. The lowest BCUT2D eigenvalue weighted by Crippen LogP contribution is -2.38. The van der Waals surface area contributed by atoms with Gasteiger partial charge in [-0.2, -0.15) is 13.6 Å². The van der Waals surface area contributed by atoms with Gasteiger partial charge in [0.25, 0.3) is 0 Å². The molecule has 1 aromatic carbocycles. The molecule has 1 aromatic rings. The summed E-state index contributed by atoms with van der Waals surface area (Å²) in [4.78, 5) is 13.4. The molecule has 2 heterocycles. The molecule has 1 saturated heterocycles. The molecule has 0 N–H and O–H groups in total. The van der Waals surface area contributed by atoms with Gasteiger partial charge in [0, 0.05) is 6.42 Å². The van der Waals surface area contributed by atoms with Crippen LogP contribution < -0.4 is 4.89 Å². The topological polar surface area (TPSA) is 60.0 Å². The highest BCUT2D eigenvalue weighted by molar-refractivity contribution is 7.54. The molecular formula is C23H33O5P. The molecule has 5 nitrogen and oxygen atoms in total. The van der Waals surface area contributed by atoms with Crippen LogP contribution in [0.3, 0.4) is 0 Å². The first kappa shape index (κ1) is 22.6. The Bertz CT molecular complexity index is 692. The fraction of sp³-hybridized carbons (Fsp3) is 0.565. The summed E-state index contributed by atoms with van der Waals surface area (Å²) in [6.45, 7) is 8.88. The molecule has 160 valence electrons. The van der Waals surface area contributed by atoms with Gasteiger partial charge in [0.15, 0.2) is 0 Å². The van der Waals surface area contributed by atoms with Crippen LogP contribution in [0.5, 0.6) is 0 Å². The number of rotatable bonds is 6. The highest BCUT2D eigenvalue weighted by Crippen LogP contribution is 2.61. The van der Waals surface area contributed by atoms with E-state index in [9.17, 15) is 4.89 Å². The fourth-order valence-electron chi connectivity index (χ4n) is 3.82. The molecule has 0 spiro atoms. The first-order chi connectivity index (χ1) is 13.9. The van der Waals surface area contributed by atoms with Crippen molar-refractivity contribution in [2.45, 2.75) is 77.3 Å². The largest absolute Gasteiger partial charge is 0.606 e. The Kier molecular flexibility index (Phi) is 8.43. The van der Waals surface area contributed by atoms with Crippen molar-refractivity contribution in [2.24, 2.45) is 0 Å². The Labute approximate surface area is 175 Å². The third-order valence-corrected chi connectivity index (χ3v) is 6.79. The predicted octanol–water partition coefficient (Wildman–Crippen LogP) is 5.29. The minimum absolute atomic E-state index is 0.167. The van der Waals surface area contributed by atoms with Crippen molar-refractivity contribution >= 4 is 8.17 Å². The summed E-state index contributed by atoms with van der Waals surface area (Å²) >= 11 is 0. The first-order valence-electron chi connectivity index (χ1n) is 10.5. The summed E-state index contributed by atoms with van der Waals surface area (Å²) in [5, 5.41) is 0. The van der Waals surface area contributed by atoms with Crippen LogP contribution in [-0.4, -0.2) is 24.9 Å². The number of phosphoric acid groups is 1. The van der Waals surface area contributed by atoms with Crippen LogP contribution in [0, 0.1) is 0 Å². The van der Waals surface area contributed by atoms with E-state index in [1.54, 1.807) is 0 Å². The highest BCUT2D eigenvalue weighted by atomic mass is 31.2. The zero-order chi connectivity index (χ0) is 20.7. The second-order valence-electron chi connectivity index (χ2n) is 8.21. The van der Waals surface area contributed by atoms with Gasteiger partial charge in [-0.1, -0.05) is 47.6 Å². The van der Waals surface area contributed by atoms with Crippen molar-refractivity contribution in [1.82, 2.24) is 0 Å². The van der Waals surface area contributed by atoms with Gasteiger partial charge in [-0.15, -0.1) is 6.58 Å². The molecule has 1 fully saturated rings. The number of ether oxygens (including phenoxy) is 1. The highest BCUT2D eigenvalue weighted by Gasteiger charge is 2.47. The quantitative estimate of drug-likeness (QED) is 0.462. The third kappa shape index (κ3) is 7.60. The molecule has 0 aliphatic carbocycles. The Hall–Kier alpha value is -1.07. The summed E-state index contributed by atoms with van der Waals surface area (Å²) in [6.07, 6.45) is 6.31. The van der Waals surface area contributed by atoms with E-state index in [0.29, 0.717) is 26.1 Å². The summed E-state index contributed by atoms with van der Waals surface area (Å²) in [5.74, 6) is 0. The van der Waals surface area contributed by atoms with Crippen LogP contribution in [0.1, 0.15) is 57.9 Å². The van der Waals surface area contributed by atoms with Crippen molar-refractivity contribution in [2.75, 3.05) is 6.61 Å². The average Bonchev–Trinajstić information content (AvgIpc) is 2.65. The minimum atomic E-state index is -3.66. The van der Waals surface area contributed by atoms with Gasteiger partial charge < -0.3 is 9.63 Å². The molecule has 0 aromatic heterocycles. The van der Waals surface area contributed by atoms with Gasteiger partial charge in [0.1, 0.15) is 18.3 Å². The smallest absolute Gasteiger partial charge is 0.380 e. The van der Waals surface area contributed by atoms with Gasteiger partial charge in [-0.25, -0.2) is 0 Å². The number of fused-ring (bicyclic) bond motifs is 2. The van der Waals surface area contributed by atoms with Crippen molar-refractivity contribution in [3.8, 4) is 0 Å². The van der Waals surface area contributed by atoms with Crippen LogP contribution in [0.25, 0.3) is 0 Å². The van der Waals surface area contributed by atoms with E-state index in [1.165, 1.54) is 5.57 Å². The summed E-state index contributed by atoms with van der Waals surface area (Å²) in [5.41, 5.74) is 3.36. The molecule has 0 radical (unpaired) electrons. The number of hydrogen-bond acceptors (Lipinski definition) is 5. The van der Waals surface area contributed by atoms with Crippen molar-refractivity contribution in [1.29, 1.82) is 0 Å². The van der Waals surface area contributed by atoms with E-state index in [1.807, 2.05) is 37.3 Å². The molecule has 2 bridgehead atoms. The van der Waals surface area contributed by atoms with Gasteiger partial charge >= 0.3 is 8.17 Å². The van der Waals surface area contributed by atoms with Crippen LogP contribution in [0.2, 0.25) is 0 Å². The van der Waals surface area contributed by atoms with E-state index in [2.05, 4.69) is 19.6 Å². The van der Waals surface area contributed by atoms with Crippen molar-refractivity contribution < 1.29 is 23.2 Å². The van der Waals surface area contributed by atoms with E-state index in [0.717, 1.165) is 36.8 Å². The molecule has 0 saturated carbocycles. The first-order valence-corrected chi connectivity index (χ1v) is 11.9. The lowest BCUT2D eigenvalue weighted by molar-refractivity contribution is -0.273. The number of hydrogen-bond donors (Lipinski definition) is 0. The van der Waals surface area contributed by atoms with E-state index >= 15 is 0 Å². The Morgan fingerprint density at radius 3 is 2.72 bits per heavy atom. The zero-order valence-electron chi connectivity index (χ0n) is 17.5. The van der Waals surface area contributed by atoms with Gasteiger partial charge in [-0.3, -0.25) is 0 Å².